The predicted molar refractivity (Wildman–Crippen MR) is 84.6 cm³/mol. The molecule has 1 aromatic rings. The highest BCUT2D eigenvalue weighted by atomic mass is 32.2. The Kier molecular flexibility index (Phi) is 4.27. The number of amides is 1. The van der Waals surface area contributed by atoms with Crippen molar-refractivity contribution in [2.45, 2.75) is 17.7 Å². The van der Waals surface area contributed by atoms with Gasteiger partial charge in [-0.15, -0.1) is 4.40 Å². The second-order valence-corrected chi connectivity index (χ2v) is 7.29. The monoisotopic (exact) mass is 351 g/mol. The zero-order valence-corrected chi connectivity index (χ0v) is 13.7. The van der Waals surface area contributed by atoms with Crippen molar-refractivity contribution >= 4 is 27.7 Å². The Labute approximate surface area is 139 Å². The number of amidine groups is 1. The van der Waals surface area contributed by atoms with E-state index in [0.29, 0.717) is 37.3 Å². The van der Waals surface area contributed by atoms with Crippen LogP contribution in [0.1, 0.15) is 18.4 Å². The molecular formula is C15H17N3O5S. The van der Waals surface area contributed by atoms with Crippen molar-refractivity contribution < 1.29 is 22.7 Å². The summed E-state index contributed by atoms with van der Waals surface area (Å²) >= 11 is 0. The van der Waals surface area contributed by atoms with Gasteiger partial charge in [0.25, 0.3) is 15.9 Å². The van der Waals surface area contributed by atoms with Crippen molar-refractivity contribution in [1.29, 1.82) is 0 Å². The first-order valence-electron chi connectivity index (χ1n) is 7.53. The summed E-state index contributed by atoms with van der Waals surface area (Å²) in [5.41, 5.74) is 5.54. The maximum Gasteiger partial charge on any atom is 0.309 e. The fourth-order valence-corrected chi connectivity index (χ4v) is 4.13. The molecule has 2 N–H and O–H groups in total. The largest absolute Gasteiger partial charge is 0.455 e. The van der Waals surface area contributed by atoms with Gasteiger partial charge in [0.2, 0.25) is 0 Å². The molecule has 2 aliphatic rings. The molecule has 9 heteroatoms. The molecule has 0 spiro atoms. The van der Waals surface area contributed by atoms with Crippen LogP contribution in [0.4, 0.5) is 0 Å². The van der Waals surface area contributed by atoms with Crippen LogP contribution in [0.15, 0.2) is 33.6 Å². The van der Waals surface area contributed by atoms with Gasteiger partial charge in [-0.25, -0.2) is 0 Å². The summed E-state index contributed by atoms with van der Waals surface area (Å²) in [4.78, 5) is 24.6. The Hall–Kier alpha value is -2.42. The minimum atomic E-state index is -3.65. The first-order chi connectivity index (χ1) is 11.4. The molecule has 0 radical (unpaired) electrons. The molecule has 2 heterocycles. The van der Waals surface area contributed by atoms with Gasteiger partial charge in [0.1, 0.15) is 4.90 Å². The summed E-state index contributed by atoms with van der Waals surface area (Å²) in [6.45, 7) is 0.551. The van der Waals surface area contributed by atoms with Crippen LogP contribution in [0.3, 0.4) is 0 Å². The van der Waals surface area contributed by atoms with Gasteiger partial charge >= 0.3 is 5.97 Å². The Morgan fingerprint density at radius 3 is 2.58 bits per heavy atom. The summed E-state index contributed by atoms with van der Waals surface area (Å²) in [6, 6.07) is 6.69. The van der Waals surface area contributed by atoms with Crippen molar-refractivity contribution in [1.82, 2.24) is 4.90 Å². The van der Waals surface area contributed by atoms with Gasteiger partial charge in [0.15, 0.2) is 12.4 Å². The number of primary amides is 1. The van der Waals surface area contributed by atoms with Gasteiger partial charge in [-0.2, -0.15) is 8.42 Å². The molecule has 1 saturated heterocycles. The Morgan fingerprint density at radius 2 is 1.92 bits per heavy atom. The highest BCUT2D eigenvalue weighted by Gasteiger charge is 2.34. The van der Waals surface area contributed by atoms with Crippen LogP contribution in [-0.4, -0.2) is 50.7 Å². The molecule has 0 aromatic heterocycles. The van der Waals surface area contributed by atoms with Crippen LogP contribution in [-0.2, 0) is 24.3 Å². The number of hydrogen-bond acceptors (Lipinski definition) is 6. The number of rotatable bonds is 3. The minimum absolute atomic E-state index is 0.211. The molecule has 128 valence electrons. The third-order valence-corrected chi connectivity index (χ3v) is 5.42. The molecule has 0 atom stereocenters. The topological polar surface area (TPSA) is 119 Å². The zero-order chi connectivity index (χ0) is 17.3. The number of hydrogen-bond donors (Lipinski definition) is 1. The molecule has 24 heavy (non-hydrogen) atoms. The molecule has 1 aromatic carbocycles. The van der Waals surface area contributed by atoms with Crippen LogP contribution < -0.4 is 5.73 Å². The Balaban J connectivity index is 1.68. The number of piperidine rings is 1. The third kappa shape index (κ3) is 3.12. The van der Waals surface area contributed by atoms with Gasteiger partial charge in [-0.05, 0) is 25.0 Å². The second kappa shape index (κ2) is 6.23. The summed E-state index contributed by atoms with van der Waals surface area (Å²) in [7, 11) is -3.65. The first-order valence-corrected chi connectivity index (χ1v) is 8.97. The lowest BCUT2D eigenvalue weighted by molar-refractivity contribution is -0.153. The van der Waals surface area contributed by atoms with Gasteiger partial charge in [-0.3, -0.25) is 9.59 Å². The Bertz CT molecular complexity index is 810. The SMILES string of the molecule is NC(=O)COC(=O)C1CCN(C2=NS(=O)(=O)c3ccccc32)CC1. The summed E-state index contributed by atoms with van der Waals surface area (Å²) < 4.78 is 32.9. The van der Waals surface area contributed by atoms with Crippen LogP contribution in [0.25, 0.3) is 0 Å². The van der Waals surface area contributed by atoms with Gasteiger partial charge in [-0.1, -0.05) is 12.1 Å². The lowest BCUT2D eigenvalue weighted by Gasteiger charge is -2.32. The van der Waals surface area contributed by atoms with E-state index >= 15 is 0 Å². The van der Waals surface area contributed by atoms with E-state index in [1.54, 1.807) is 18.2 Å². The van der Waals surface area contributed by atoms with Gasteiger partial charge in [0, 0.05) is 18.7 Å². The number of ether oxygens (including phenoxy) is 1. The molecule has 2 aliphatic heterocycles. The smallest absolute Gasteiger partial charge is 0.309 e. The van der Waals surface area contributed by atoms with E-state index in [4.69, 9.17) is 10.5 Å². The number of carbonyl (C=O) groups is 2. The quantitative estimate of drug-likeness (QED) is 0.758. The number of benzene rings is 1. The van der Waals surface area contributed by atoms with Crippen LogP contribution in [0.5, 0.6) is 0 Å². The highest BCUT2D eigenvalue weighted by Crippen LogP contribution is 2.29. The highest BCUT2D eigenvalue weighted by molar-refractivity contribution is 7.90. The van der Waals surface area contributed by atoms with Crippen LogP contribution >= 0.6 is 0 Å². The average molecular weight is 351 g/mol. The Morgan fingerprint density at radius 1 is 1.25 bits per heavy atom. The minimum Gasteiger partial charge on any atom is -0.455 e. The van der Waals surface area contributed by atoms with E-state index in [0.717, 1.165) is 0 Å². The fourth-order valence-electron chi connectivity index (χ4n) is 2.90. The van der Waals surface area contributed by atoms with E-state index in [2.05, 4.69) is 4.40 Å². The van der Waals surface area contributed by atoms with Crippen molar-refractivity contribution in [3.63, 3.8) is 0 Å². The van der Waals surface area contributed by atoms with E-state index in [9.17, 15) is 18.0 Å². The van der Waals surface area contributed by atoms with Crippen LogP contribution in [0.2, 0.25) is 0 Å². The summed E-state index contributed by atoms with van der Waals surface area (Å²) in [5, 5.41) is 0. The summed E-state index contributed by atoms with van der Waals surface area (Å²) in [6.07, 6.45) is 0.998. The molecular weight excluding hydrogens is 334 g/mol. The van der Waals surface area contributed by atoms with Gasteiger partial charge < -0.3 is 15.4 Å². The maximum atomic E-state index is 12.1. The molecule has 3 rings (SSSR count). The molecule has 0 unspecified atom stereocenters. The number of fused-ring (bicyclic) bond motifs is 1. The predicted octanol–water partition coefficient (Wildman–Crippen LogP) is -0.124. The third-order valence-electron chi connectivity index (χ3n) is 4.10. The standard InChI is InChI=1S/C15H17N3O5S/c16-13(19)9-23-15(20)10-5-7-18(8-6-10)14-11-3-1-2-4-12(11)24(21,22)17-14/h1-4,10H,5-9H2,(H2,16,19). The number of likely N-dealkylation sites (tertiary alicyclic amines) is 1. The van der Waals surface area contributed by atoms with E-state index < -0.39 is 28.5 Å². The number of esters is 1. The number of sulfonamides is 1. The summed E-state index contributed by atoms with van der Waals surface area (Å²) in [5.74, 6) is -1.04. The molecule has 1 amide bonds. The average Bonchev–Trinajstić information content (AvgIpc) is 2.85. The molecule has 1 fully saturated rings. The normalized spacial score (nSPS) is 19.5. The van der Waals surface area contributed by atoms with Gasteiger partial charge in [0.05, 0.1) is 5.92 Å². The first kappa shape index (κ1) is 16.4. The molecule has 0 aliphatic carbocycles. The maximum absolute atomic E-state index is 12.1. The second-order valence-electron chi connectivity index (χ2n) is 5.72. The molecule has 0 saturated carbocycles. The number of nitrogens with zero attached hydrogens (tertiary/aromatic N) is 2. The molecule has 8 nitrogen and oxygen atoms in total. The van der Waals surface area contributed by atoms with E-state index in [-0.39, 0.29) is 10.8 Å². The van der Waals surface area contributed by atoms with Crippen LogP contribution in [0, 0.1) is 5.92 Å². The molecule has 0 bridgehead atoms. The van der Waals surface area contributed by atoms with Crippen molar-refractivity contribution in [2.75, 3.05) is 19.7 Å². The number of carbonyl (C=O) groups excluding carboxylic acids is 2. The number of nitrogens with two attached hydrogens (primary N) is 1. The zero-order valence-electron chi connectivity index (χ0n) is 12.8. The lowest BCUT2D eigenvalue weighted by Crippen LogP contribution is -2.41. The fraction of sp³-hybridized carbons (Fsp3) is 0.400. The van der Waals surface area contributed by atoms with Crippen molar-refractivity contribution in [3.05, 3.63) is 29.8 Å². The van der Waals surface area contributed by atoms with Crippen molar-refractivity contribution in [3.8, 4) is 0 Å². The van der Waals surface area contributed by atoms with E-state index in [1.807, 2.05) is 4.90 Å². The van der Waals surface area contributed by atoms with E-state index in [1.165, 1.54) is 6.07 Å². The van der Waals surface area contributed by atoms with Crippen molar-refractivity contribution in [2.24, 2.45) is 16.0 Å². The lowest BCUT2D eigenvalue weighted by atomic mass is 9.96.